The van der Waals surface area contributed by atoms with E-state index in [0.717, 1.165) is 17.2 Å². The van der Waals surface area contributed by atoms with Gasteiger partial charge in [0, 0.05) is 11.6 Å². The van der Waals surface area contributed by atoms with Crippen LogP contribution in [0.5, 0.6) is 0 Å². The number of hydrogen-bond acceptors (Lipinski definition) is 2. The molecule has 0 spiro atoms. The minimum Gasteiger partial charge on any atom is -0.379 e. The SMILES string of the molecule is CCOCCOCc1cccc(Cl)c1. The Bertz CT molecular complexity index is 263. The predicted molar refractivity (Wildman–Crippen MR) is 57.6 cm³/mol. The van der Waals surface area contributed by atoms with E-state index in [1.54, 1.807) is 0 Å². The Kier molecular flexibility index (Phi) is 5.60. The molecule has 78 valence electrons. The molecule has 0 saturated heterocycles. The largest absolute Gasteiger partial charge is 0.379 e. The normalized spacial score (nSPS) is 10.4. The molecule has 0 unspecified atom stereocenters. The van der Waals surface area contributed by atoms with Crippen LogP contribution in [-0.4, -0.2) is 19.8 Å². The second-order valence-corrected chi connectivity index (χ2v) is 3.32. The predicted octanol–water partition coefficient (Wildman–Crippen LogP) is 2.89. The first-order valence-corrected chi connectivity index (χ1v) is 5.10. The summed E-state index contributed by atoms with van der Waals surface area (Å²) in [5, 5.41) is 0.746. The van der Waals surface area contributed by atoms with Crippen molar-refractivity contribution in [2.75, 3.05) is 19.8 Å². The molecule has 0 aromatic heterocycles. The molecule has 0 saturated carbocycles. The highest BCUT2D eigenvalue weighted by Crippen LogP contribution is 2.11. The Hall–Kier alpha value is -0.570. The summed E-state index contributed by atoms with van der Waals surface area (Å²) in [6, 6.07) is 7.67. The van der Waals surface area contributed by atoms with Crippen molar-refractivity contribution in [1.29, 1.82) is 0 Å². The Morgan fingerprint density at radius 2 is 2.00 bits per heavy atom. The number of rotatable bonds is 6. The summed E-state index contributed by atoms with van der Waals surface area (Å²) in [6.07, 6.45) is 0. The van der Waals surface area contributed by atoms with Crippen molar-refractivity contribution in [2.45, 2.75) is 13.5 Å². The van der Waals surface area contributed by atoms with E-state index in [2.05, 4.69) is 0 Å². The molecule has 3 heteroatoms. The van der Waals surface area contributed by atoms with Gasteiger partial charge in [-0.3, -0.25) is 0 Å². The molecule has 0 heterocycles. The van der Waals surface area contributed by atoms with E-state index >= 15 is 0 Å². The van der Waals surface area contributed by atoms with Crippen LogP contribution in [0.15, 0.2) is 24.3 Å². The molecule has 0 N–H and O–H groups in total. The van der Waals surface area contributed by atoms with Gasteiger partial charge >= 0.3 is 0 Å². The van der Waals surface area contributed by atoms with Gasteiger partial charge in [0.25, 0.3) is 0 Å². The van der Waals surface area contributed by atoms with Crippen molar-refractivity contribution < 1.29 is 9.47 Å². The number of ether oxygens (including phenoxy) is 2. The van der Waals surface area contributed by atoms with Gasteiger partial charge in [0.05, 0.1) is 19.8 Å². The first-order valence-electron chi connectivity index (χ1n) is 4.73. The lowest BCUT2D eigenvalue weighted by Crippen LogP contribution is -2.03. The highest BCUT2D eigenvalue weighted by molar-refractivity contribution is 6.30. The number of halogens is 1. The van der Waals surface area contributed by atoms with E-state index in [1.807, 2.05) is 31.2 Å². The van der Waals surface area contributed by atoms with Crippen molar-refractivity contribution in [1.82, 2.24) is 0 Å². The number of benzene rings is 1. The van der Waals surface area contributed by atoms with Crippen molar-refractivity contribution >= 4 is 11.6 Å². The maximum Gasteiger partial charge on any atom is 0.0718 e. The lowest BCUT2D eigenvalue weighted by molar-refractivity contribution is 0.0453. The third-order valence-corrected chi connectivity index (χ3v) is 1.97. The quantitative estimate of drug-likeness (QED) is 0.678. The molecule has 0 aliphatic heterocycles. The van der Waals surface area contributed by atoms with Crippen molar-refractivity contribution in [3.8, 4) is 0 Å². The molecule has 1 aromatic rings. The van der Waals surface area contributed by atoms with E-state index < -0.39 is 0 Å². The minimum absolute atomic E-state index is 0.591. The van der Waals surface area contributed by atoms with E-state index in [4.69, 9.17) is 21.1 Å². The Balaban J connectivity index is 2.18. The van der Waals surface area contributed by atoms with Gasteiger partial charge in [0.2, 0.25) is 0 Å². The van der Waals surface area contributed by atoms with Crippen LogP contribution in [0.3, 0.4) is 0 Å². The molecule has 1 rings (SSSR count). The van der Waals surface area contributed by atoms with Gasteiger partial charge in [-0.15, -0.1) is 0 Å². The second-order valence-electron chi connectivity index (χ2n) is 2.88. The summed E-state index contributed by atoms with van der Waals surface area (Å²) in [7, 11) is 0. The van der Waals surface area contributed by atoms with E-state index in [9.17, 15) is 0 Å². The van der Waals surface area contributed by atoms with E-state index in [-0.39, 0.29) is 0 Å². The van der Waals surface area contributed by atoms with Gasteiger partial charge in [0.15, 0.2) is 0 Å². The summed E-state index contributed by atoms with van der Waals surface area (Å²) in [4.78, 5) is 0. The Labute approximate surface area is 89.8 Å². The summed E-state index contributed by atoms with van der Waals surface area (Å²) < 4.78 is 10.5. The van der Waals surface area contributed by atoms with Crippen molar-refractivity contribution in [3.05, 3.63) is 34.9 Å². The zero-order valence-electron chi connectivity index (χ0n) is 8.33. The average molecular weight is 215 g/mol. The van der Waals surface area contributed by atoms with Crippen molar-refractivity contribution in [2.24, 2.45) is 0 Å². The maximum atomic E-state index is 5.83. The number of hydrogen-bond donors (Lipinski definition) is 0. The lowest BCUT2D eigenvalue weighted by Gasteiger charge is -2.04. The van der Waals surface area contributed by atoms with Crippen LogP contribution in [0.2, 0.25) is 5.02 Å². The molecule has 0 amide bonds. The zero-order chi connectivity index (χ0) is 10.2. The van der Waals surface area contributed by atoms with Crippen LogP contribution in [0.4, 0.5) is 0 Å². The van der Waals surface area contributed by atoms with Crippen LogP contribution in [0.25, 0.3) is 0 Å². The van der Waals surface area contributed by atoms with Crippen LogP contribution < -0.4 is 0 Å². The van der Waals surface area contributed by atoms with Crippen LogP contribution in [0, 0.1) is 0 Å². The smallest absolute Gasteiger partial charge is 0.0718 e. The van der Waals surface area contributed by atoms with Crippen LogP contribution >= 0.6 is 11.6 Å². The molecule has 14 heavy (non-hydrogen) atoms. The molecule has 0 atom stereocenters. The van der Waals surface area contributed by atoms with E-state index in [0.29, 0.717) is 19.8 Å². The molecule has 0 bridgehead atoms. The third kappa shape index (κ3) is 4.61. The third-order valence-electron chi connectivity index (χ3n) is 1.73. The zero-order valence-corrected chi connectivity index (χ0v) is 9.09. The van der Waals surface area contributed by atoms with Gasteiger partial charge in [-0.25, -0.2) is 0 Å². The topological polar surface area (TPSA) is 18.5 Å². The average Bonchev–Trinajstić information content (AvgIpc) is 2.18. The molecule has 0 aliphatic rings. The van der Waals surface area contributed by atoms with Gasteiger partial charge in [-0.1, -0.05) is 23.7 Å². The molecular formula is C11H15ClO2. The summed E-state index contributed by atoms with van der Waals surface area (Å²) in [6.45, 7) is 4.57. The summed E-state index contributed by atoms with van der Waals surface area (Å²) in [5.74, 6) is 0. The fraction of sp³-hybridized carbons (Fsp3) is 0.455. The monoisotopic (exact) mass is 214 g/mol. The molecule has 2 nitrogen and oxygen atoms in total. The summed E-state index contributed by atoms with van der Waals surface area (Å²) >= 11 is 5.83. The molecule has 0 aliphatic carbocycles. The fourth-order valence-corrected chi connectivity index (χ4v) is 1.29. The molecule has 1 aromatic carbocycles. The molecule has 0 fully saturated rings. The Morgan fingerprint density at radius 1 is 1.21 bits per heavy atom. The maximum absolute atomic E-state index is 5.83. The second kappa shape index (κ2) is 6.82. The van der Waals surface area contributed by atoms with Crippen LogP contribution in [-0.2, 0) is 16.1 Å². The fourth-order valence-electron chi connectivity index (χ4n) is 1.08. The minimum atomic E-state index is 0.591. The van der Waals surface area contributed by atoms with Gasteiger partial charge in [-0.2, -0.15) is 0 Å². The molecular weight excluding hydrogens is 200 g/mol. The first-order chi connectivity index (χ1) is 6.83. The van der Waals surface area contributed by atoms with Gasteiger partial charge in [-0.05, 0) is 24.6 Å². The molecule has 0 radical (unpaired) electrons. The standard InChI is InChI=1S/C11H15ClO2/c1-2-13-6-7-14-9-10-4-3-5-11(12)8-10/h3-5,8H,2,6-7,9H2,1H3. The summed E-state index contributed by atoms with van der Waals surface area (Å²) in [5.41, 5.74) is 1.09. The first kappa shape index (κ1) is 11.5. The van der Waals surface area contributed by atoms with Gasteiger partial charge in [0.1, 0.15) is 0 Å². The lowest BCUT2D eigenvalue weighted by atomic mass is 10.2. The Morgan fingerprint density at radius 3 is 2.71 bits per heavy atom. The van der Waals surface area contributed by atoms with Crippen LogP contribution in [0.1, 0.15) is 12.5 Å². The van der Waals surface area contributed by atoms with Gasteiger partial charge < -0.3 is 9.47 Å². The highest BCUT2D eigenvalue weighted by atomic mass is 35.5. The van der Waals surface area contributed by atoms with Crippen molar-refractivity contribution in [3.63, 3.8) is 0 Å². The highest BCUT2D eigenvalue weighted by Gasteiger charge is 1.94. The van der Waals surface area contributed by atoms with E-state index in [1.165, 1.54) is 0 Å².